The molecule has 0 aliphatic carbocycles. The Hall–Kier alpha value is -0.650. The van der Waals surface area contributed by atoms with E-state index >= 15 is 0 Å². The Morgan fingerprint density at radius 3 is 2.17 bits per heavy atom. The van der Waals surface area contributed by atoms with E-state index in [1.165, 1.54) is 0 Å². The number of hydrogen-bond acceptors (Lipinski definition) is 4. The molecule has 1 unspecified atom stereocenters. The number of methoxy groups -OCH3 is 2. The van der Waals surface area contributed by atoms with Gasteiger partial charge in [0, 0.05) is 20.3 Å². The average molecular weight is 259 g/mol. The van der Waals surface area contributed by atoms with Crippen molar-refractivity contribution in [2.75, 3.05) is 27.3 Å². The SMILES string of the molecule is COC1(OC)CN(C(CC(=O)O)CC(C)(C)C)C1. The van der Waals surface area contributed by atoms with E-state index in [1.54, 1.807) is 14.2 Å². The summed E-state index contributed by atoms with van der Waals surface area (Å²) in [6.07, 6.45) is 1.02. The summed E-state index contributed by atoms with van der Waals surface area (Å²) < 4.78 is 10.7. The van der Waals surface area contributed by atoms with Gasteiger partial charge in [-0.25, -0.2) is 0 Å². The van der Waals surface area contributed by atoms with E-state index < -0.39 is 11.8 Å². The first-order valence-corrected chi connectivity index (χ1v) is 6.27. The van der Waals surface area contributed by atoms with Crippen LogP contribution in [0.5, 0.6) is 0 Å². The van der Waals surface area contributed by atoms with Gasteiger partial charge in [0.25, 0.3) is 0 Å². The Morgan fingerprint density at radius 1 is 1.33 bits per heavy atom. The molecule has 0 spiro atoms. The van der Waals surface area contributed by atoms with Gasteiger partial charge in [0.05, 0.1) is 19.5 Å². The van der Waals surface area contributed by atoms with Crippen LogP contribution in [0.25, 0.3) is 0 Å². The number of aliphatic carboxylic acids is 1. The Morgan fingerprint density at radius 2 is 1.83 bits per heavy atom. The van der Waals surface area contributed by atoms with Crippen molar-refractivity contribution in [2.45, 2.75) is 45.4 Å². The molecule has 1 saturated heterocycles. The predicted molar refractivity (Wildman–Crippen MR) is 68.4 cm³/mol. The summed E-state index contributed by atoms with van der Waals surface area (Å²) in [5.74, 6) is -1.30. The lowest BCUT2D eigenvalue weighted by atomic mass is 9.85. The van der Waals surface area contributed by atoms with Gasteiger partial charge < -0.3 is 14.6 Å². The monoisotopic (exact) mass is 259 g/mol. The highest BCUT2D eigenvalue weighted by atomic mass is 16.7. The van der Waals surface area contributed by atoms with E-state index in [2.05, 4.69) is 25.7 Å². The van der Waals surface area contributed by atoms with Crippen molar-refractivity contribution < 1.29 is 19.4 Å². The van der Waals surface area contributed by atoms with Gasteiger partial charge in [-0.15, -0.1) is 0 Å². The summed E-state index contributed by atoms with van der Waals surface area (Å²) in [5.41, 5.74) is 0.110. The van der Waals surface area contributed by atoms with Crippen LogP contribution in [-0.2, 0) is 14.3 Å². The predicted octanol–water partition coefficient (Wildman–Crippen LogP) is 1.57. The molecule has 1 aliphatic rings. The second-order valence-electron chi connectivity index (χ2n) is 6.24. The molecule has 0 saturated carbocycles. The van der Waals surface area contributed by atoms with Crippen LogP contribution in [0, 0.1) is 5.41 Å². The van der Waals surface area contributed by atoms with Crippen molar-refractivity contribution in [3.05, 3.63) is 0 Å². The van der Waals surface area contributed by atoms with Crippen LogP contribution >= 0.6 is 0 Å². The van der Waals surface area contributed by atoms with Crippen LogP contribution in [0.15, 0.2) is 0 Å². The molecule has 0 amide bonds. The summed E-state index contributed by atoms with van der Waals surface area (Å²) in [6.45, 7) is 7.65. The lowest BCUT2D eigenvalue weighted by molar-refractivity contribution is -0.283. The van der Waals surface area contributed by atoms with Crippen molar-refractivity contribution in [3.63, 3.8) is 0 Å². The normalized spacial score (nSPS) is 21.4. The maximum absolute atomic E-state index is 11.0. The van der Waals surface area contributed by atoms with Gasteiger partial charge in [0.2, 0.25) is 0 Å². The molecule has 1 atom stereocenters. The number of carbonyl (C=O) groups is 1. The number of hydrogen-bond donors (Lipinski definition) is 1. The molecule has 0 aromatic rings. The summed E-state index contributed by atoms with van der Waals surface area (Å²) in [4.78, 5) is 13.1. The van der Waals surface area contributed by atoms with Crippen LogP contribution in [0.4, 0.5) is 0 Å². The number of nitrogens with zero attached hydrogens (tertiary/aromatic N) is 1. The van der Waals surface area contributed by atoms with E-state index in [4.69, 9.17) is 14.6 Å². The number of carboxylic acids is 1. The first-order valence-electron chi connectivity index (χ1n) is 6.27. The first kappa shape index (κ1) is 15.4. The molecule has 0 aromatic carbocycles. The highest BCUT2D eigenvalue weighted by molar-refractivity contribution is 5.67. The smallest absolute Gasteiger partial charge is 0.304 e. The molecule has 5 nitrogen and oxygen atoms in total. The summed E-state index contributed by atoms with van der Waals surface area (Å²) in [7, 11) is 3.24. The van der Waals surface area contributed by atoms with Crippen LogP contribution in [0.3, 0.4) is 0 Å². The lowest BCUT2D eigenvalue weighted by Crippen LogP contribution is -2.67. The molecule has 0 radical (unpaired) electrons. The first-order chi connectivity index (χ1) is 8.21. The molecular weight excluding hydrogens is 234 g/mol. The molecule has 5 heteroatoms. The fraction of sp³-hybridized carbons (Fsp3) is 0.923. The Kier molecular flexibility index (Phi) is 4.75. The Labute approximate surface area is 109 Å². The molecule has 1 fully saturated rings. The van der Waals surface area contributed by atoms with E-state index in [9.17, 15) is 4.79 Å². The third-order valence-electron chi connectivity index (χ3n) is 3.41. The standard InChI is InChI=1S/C13H25NO4/c1-12(2,3)7-10(6-11(15)16)14-8-13(9-14,17-4)18-5/h10H,6-9H2,1-5H3,(H,15,16). The van der Waals surface area contributed by atoms with Gasteiger partial charge in [-0.1, -0.05) is 20.8 Å². The number of likely N-dealkylation sites (tertiary alicyclic amines) is 1. The number of carboxylic acid groups (broad SMARTS) is 1. The molecule has 0 bridgehead atoms. The zero-order valence-corrected chi connectivity index (χ0v) is 12.0. The Balaban J connectivity index is 2.61. The maximum atomic E-state index is 11.0. The van der Waals surface area contributed by atoms with Crippen LogP contribution in [0.2, 0.25) is 0 Å². The molecule has 0 aromatic heterocycles. The van der Waals surface area contributed by atoms with Crippen molar-refractivity contribution >= 4 is 5.97 Å². The molecule has 1 rings (SSSR count). The molecule has 1 aliphatic heterocycles. The van der Waals surface area contributed by atoms with Crippen molar-refractivity contribution in [3.8, 4) is 0 Å². The van der Waals surface area contributed by atoms with Gasteiger partial charge >= 0.3 is 5.97 Å². The van der Waals surface area contributed by atoms with Crippen molar-refractivity contribution in [1.82, 2.24) is 4.90 Å². The van der Waals surface area contributed by atoms with Gasteiger partial charge in [0.1, 0.15) is 0 Å². The molecule has 18 heavy (non-hydrogen) atoms. The van der Waals surface area contributed by atoms with Gasteiger partial charge in [-0.2, -0.15) is 0 Å². The molecule has 1 heterocycles. The lowest BCUT2D eigenvalue weighted by Gasteiger charge is -2.51. The van der Waals surface area contributed by atoms with Crippen LogP contribution in [0.1, 0.15) is 33.6 Å². The van der Waals surface area contributed by atoms with Gasteiger partial charge in [0.15, 0.2) is 5.79 Å². The number of ether oxygens (including phenoxy) is 2. The average Bonchev–Trinajstić information content (AvgIpc) is 2.13. The largest absolute Gasteiger partial charge is 0.481 e. The minimum absolute atomic E-state index is 0.0425. The summed E-state index contributed by atoms with van der Waals surface area (Å²) >= 11 is 0. The topological polar surface area (TPSA) is 59.0 Å². The molecule has 1 N–H and O–H groups in total. The third kappa shape index (κ3) is 3.93. The maximum Gasteiger partial charge on any atom is 0.304 e. The van der Waals surface area contributed by atoms with Gasteiger partial charge in [-0.05, 0) is 11.8 Å². The highest BCUT2D eigenvalue weighted by Crippen LogP contribution is 2.33. The van der Waals surface area contributed by atoms with Crippen molar-refractivity contribution in [1.29, 1.82) is 0 Å². The quantitative estimate of drug-likeness (QED) is 0.734. The number of rotatable bonds is 6. The second-order valence-corrected chi connectivity index (χ2v) is 6.24. The van der Waals surface area contributed by atoms with Gasteiger partial charge in [-0.3, -0.25) is 9.69 Å². The minimum atomic E-state index is -0.753. The zero-order chi connectivity index (χ0) is 14.0. The molecule has 106 valence electrons. The zero-order valence-electron chi connectivity index (χ0n) is 12.0. The highest BCUT2D eigenvalue weighted by Gasteiger charge is 2.47. The second kappa shape index (κ2) is 5.55. The summed E-state index contributed by atoms with van der Waals surface area (Å²) in [6, 6.07) is 0.0425. The third-order valence-corrected chi connectivity index (χ3v) is 3.41. The van der Waals surface area contributed by atoms with Crippen LogP contribution < -0.4 is 0 Å². The fourth-order valence-corrected chi connectivity index (χ4v) is 2.41. The minimum Gasteiger partial charge on any atom is -0.481 e. The van der Waals surface area contributed by atoms with E-state index in [-0.39, 0.29) is 17.9 Å². The summed E-state index contributed by atoms with van der Waals surface area (Å²) in [5, 5.41) is 9.00. The fourth-order valence-electron chi connectivity index (χ4n) is 2.41. The van der Waals surface area contributed by atoms with E-state index in [1.807, 2.05) is 0 Å². The Bertz CT molecular complexity index is 286. The van der Waals surface area contributed by atoms with Crippen LogP contribution in [-0.4, -0.2) is 55.1 Å². The van der Waals surface area contributed by atoms with E-state index in [0.29, 0.717) is 13.1 Å². The van der Waals surface area contributed by atoms with E-state index in [0.717, 1.165) is 6.42 Å². The van der Waals surface area contributed by atoms with Crippen molar-refractivity contribution in [2.24, 2.45) is 5.41 Å². The molecular formula is C13H25NO4.